The predicted molar refractivity (Wildman–Crippen MR) is 273 cm³/mol. The van der Waals surface area contributed by atoms with Crippen LogP contribution < -0.4 is 61.9 Å². The first kappa shape index (κ1) is 51.8. The lowest BCUT2D eigenvalue weighted by Gasteiger charge is -2.19. The highest BCUT2D eigenvalue weighted by atomic mass is 16.6. The number of carbonyl (C=O) groups excluding carboxylic acids is 5. The van der Waals surface area contributed by atoms with Crippen molar-refractivity contribution in [1.82, 2.24) is 35.9 Å². The molecule has 0 atom stereocenters. The average molecular weight is 997 g/mol. The second kappa shape index (κ2) is 23.2. The zero-order chi connectivity index (χ0) is 52.2. The number of nitrogens with two attached hydrogens (primary N) is 1. The van der Waals surface area contributed by atoms with Gasteiger partial charge in [0.2, 0.25) is 23.7 Å². The first-order valence-corrected chi connectivity index (χ1v) is 22.9. The Morgan fingerprint density at radius 3 is 1.45 bits per heavy atom. The Hall–Kier alpha value is -9.05. The number of aromatic nitrogens is 4. The maximum absolute atomic E-state index is 12.7. The van der Waals surface area contributed by atoms with Crippen LogP contribution in [0.3, 0.4) is 0 Å². The fourth-order valence-electron chi connectivity index (χ4n) is 7.52. The SMILES string of the molecule is COc1ccc(Nc2ncc3c(n2)-c2ccc(C(=O)NCCN)cc2NC(=O)C3)cc1OC.COc1ccc(Nc2ncc3c(n2)-c2ccc(C(=O)NCCNC(=O)OC(C)(C)C)cc2NC(=O)C3)cc1OC. The number of alkyl carbamates (subject to hydrolysis) is 1. The van der Waals surface area contributed by atoms with Crippen LogP contribution in [0.5, 0.6) is 23.0 Å². The molecule has 9 N–H and O–H groups in total. The molecule has 0 saturated heterocycles. The Labute approximate surface area is 420 Å². The number of hydrogen-bond acceptors (Lipinski definition) is 17. The molecule has 0 saturated carbocycles. The fourth-order valence-corrected chi connectivity index (χ4v) is 7.52. The van der Waals surface area contributed by atoms with Gasteiger partial charge < -0.3 is 66.6 Å². The van der Waals surface area contributed by atoms with Crippen molar-refractivity contribution in [2.45, 2.75) is 39.2 Å². The Morgan fingerprint density at radius 1 is 0.589 bits per heavy atom. The minimum atomic E-state index is -0.608. The van der Waals surface area contributed by atoms with E-state index in [2.05, 4.69) is 57.2 Å². The first-order valence-electron chi connectivity index (χ1n) is 22.9. The lowest BCUT2D eigenvalue weighted by Crippen LogP contribution is -2.37. The summed E-state index contributed by atoms with van der Waals surface area (Å²) in [6.07, 6.45) is 2.88. The van der Waals surface area contributed by atoms with Crippen molar-refractivity contribution in [1.29, 1.82) is 0 Å². The molecule has 22 heteroatoms. The summed E-state index contributed by atoms with van der Waals surface area (Å²) in [5, 5.41) is 20.1. The zero-order valence-corrected chi connectivity index (χ0v) is 41.3. The second-order valence-corrected chi connectivity index (χ2v) is 17.2. The summed E-state index contributed by atoms with van der Waals surface area (Å²) in [6.45, 7) is 6.41. The summed E-state index contributed by atoms with van der Waals surface area (Å²) in [5.74, 6) is 1.92. The highest BCUT2D eigenvalue weighted by Crippen LogP contribution is 2.37. The summed E-state index contributed by atoms with van der Waals surface area (Å²) < 4.78 is 26.4. The molecule has 0 spiro atoms. The van der Waals surface area contributed by atoms with E-state index in [9.17, 15) is 24.0 Å². The normalized spacial score (nSPS) is 12.1. The molecule has 0 bridgehead atoms. The van der Waals surface area contributed by atoms with E-state index >= 15 is 0 Å². The van der Waals surface area contributed by atoms with Gasteiger partial charge in [0.05, 0.1) is 64.0 Å². The number of fused-ring (bicyclic) bond motifs is 6. The van der Waals surface area contributed by atoms with Gasteiger partial charge in [-0.3, -0.25) is 19.2 Å². The quantitative estimate of drug-likeness (QED) is 0.0569. The van der Waals surface area contributed by atoms with Crippen molar-refractivity contribution in [3.8, 4) is 45.5 Å². The van der Waals surface area contributed by atoms with Gasteiger partial charge in [-0.25, -0.2) is 24.7 Å². The number of hydrogen-bond donors (Lipinski definition) is 8. The molecule has 380 valence electrons. The van der Waals surface area contributed by atoms with E-state index in [1.54, 1.807) is 122 Å². The summed E-state index contributed by atoms with van der Waals surface area (Å²) in [7, 11) is 6.25. The maximum Gasteiger partial charge on any atom is 0.407 e. The highest BCUT2D eigenvalue weighted by Gasteiger charge is 2.25. The molecule has 0 unspecified atom stereocenters. The van der Waals surface area contributed by atoms with Gasteiger partial charge in [-0.2, -0.15) is 0 Å². The smallest absolute Gasteiger partial charge is 0.407 e. The van der Waals surface area contributed by atoms with E-state index in [4.69, 9.17) is 29.4 Å². The predicted octanol–water partition coefficient (Wildman–Crippen LogP) is 5.74. The number of amides is 5. The zero-order valence-electron chi connectivity index (χ0n) is 41.3. The molecule has 73 heavy (non-hydrogen) atoms. The van der Waals surface area contributed by atoms with Crippen molar-refractivity contribution in [3.05, 3.63) is 107 Å². The van der Waals surface area contributed by atoms with E-state index in [1.807, 2.05) is 12.1 Å². The van der Waals surface area contributed by atoms with E-state index in [0.717, 1.165) is 0 Å². The first-order chi connectivity index (χ1) is 35.1. The number of benzene rings is 4. The van der Waals surface area contributed by atoms with Crippen LogP contribution in [-0.4, -0.2) is 110 Å². The summed E-state index contributed by atoms with van der Waals surface area (Å²) >= 11 is 0. The van der Waals surface area contributed by atoms with Gasteiger partial charge in [0.25, 0.3) is 11.8 Å². The molecule has 0 aliphatic carbocycles. The molecular weight excluding hydrogens is 941 g/mol. The molecule has 4 aromatic carbocycles. The average Bonchev–Trinajstić information content (AvgIpc) is 3.60. The Kier molecular flexibility index (Phi) is 16.5. The minimum absolute atomic E-state index is 0.0819. The second-order valence-electron chi connectivity index (χ2n) is 17.2. The summed E-state index contributed by atoms with van der Waals surface area (Å²) in [4.78, 5) is 80.0. The molecule has 6 aromatic rings. The molecule has 0 fully saturated rings. The van der Waals surface area contributed by atoms with E-state index < -0.39 is 11.7 Å². The lowest BCUT2D eigenvalue weighted by atomic mass is 10.0. The monoisotopic (exact) mass is 996 g/mol. The Bertz CT molecular complexity index is 3050. The van der Waals surface area contributed by atoms with Gasteiger partial charge in [-0.05, 0) is 81.4 Å². The van der Waals surface area contributed by atoms with Gasteiger partial charge in [0.15, 0.2) is 23.0 Å². The highest BCUT2D eigenvalue weighted by molar-refractivity contribution is 6.04. The van der Waals surface area contributed by atoms with Crippen LogP contribution in [0.25, 0.3) is 22.5 Å². The number of carbonyl (C=O) groups is 5. The van der Waals surface area contributed by atoms with Gasteiger partial charge in [0, 0.05) is 95.5 Å². The van der Waals surface area contributed by atoms with E-state index in [-0.39, 0.29) is 49.6 Å². The molecule has 2 aromatic heterocycles. The van der Waals surface area contributed by atoms with Crippen molar-refractivity contribution >= 4 is 64.4 Å². The van der Waals surface area contributed by atoms with E-state index in [1.165, 1.54) is 0 Å². The van der Waals surface area contributed by atoms with Crippen LogP contribution in [0.2, 0.25) is 0 Å². The molecule has 4 heterocycles. The number of nitrogens with zero attached hydrogens (tertiary/aromatic N) is 4. The molecule has 0 radical (unpaired) electrons. The standard InChI is InChI=1S/C28H32N6O6.C23H24N6O4/c1-28(2,3)40-27(37)30-11-10-29-25(36)16-6-8-19-20(12-16)33-23(35)13-17-15-31-26(34-24(17)19)32-18-7-9-21(38-4)22(14-18)39-5;1-32-18-6-4-15(11-19(18)33-2)27-23-26-12-14-10-20(30)28-17-9-13(22(31)25-8-7-24)3-5-16(17)21(14)29-23/h6-9,12,14-15H,10-11,13H2,1-5H3,(H,29,36)(H,30,37)(H,33,35)(H,31,32,34);3-6,9,11-12H,7-8,10,24H2,1-2H3,(H,25,31)(H,28,30)(H,26,27,29). The van der Waals surface area contributed by atoms with Crippen molar-refractivity contribution < 1.29 is 47.7 Å². The molecule has 5 amide bonds. The third-order valence-electron chi connectivity index (χ3n) is 10.8. The number of methoxy groups -OCH3 is 4. The lowest BCUT2D eigenvalue weighted by molar-refractivity contribution is -0.116. The van der Waals surface area contributed by atoms with Gasteiger partial charge in [0.1, 0.15) is 5.60 Å². The molecule has 2 aliphatic rings. The van der Waals surface area contributed by atoms with Crippen LogP contribution in [-0.2, 0) is 27.2 Å². The van der Waals surface area contributed by atoms with Crippen molar-refractivity contribution in [3.63, 3.8) is 0 Å². The number of anilines is 6. The van der Waals surface area contributed by atoms with Crippen LogP contribution in [0.4, 0.5) is 39.4 Å². The number of nitrogens with one attached hydrogen (secondary N) is 7. The summed E-state index contributed by atoms with van der Waals surface area (Å²) in [6, 6.07) is 20.8. The van der Waals surface area contributed by atoms with Crippen LogP contribution in [0.1, 0.15) is 52.6 Å². The van der Waals surface area contributed by atoms with Crippen molar-refractivity contribution in [2.24, 2.45) is 5.73 Å². The largest absolute Gasteiger partial charge is 0.493 e. The molecule has 8 rings (SSSR count). The van der Waals surface area contributed by atoms with Crippen molar-refractivity contribution in [2.75, 3.05) is 75.9 Å². The molecule has 22 nitrogen and oxygen atoms in total. The topological polar surface area (TPSA) is 293 Å². The number of ether oxygens (including phenoxy) is 5. The van der Waals surface area contributed by atoms with Gasteiger partial charge >= 0.3 is 6.09 Å². The van der Waals surface area contributed by atoms with Crippen LogP contribution >= 0.6 is 0 Å². The van der Waals surface area contributed by atoms with Crippen LogP contribution in [0.15, 0.2) is 85.2 Å². The maximum atomic E-state index is 12.7. The summed E-state index contributed by atoms with van der Waals surface area (Å²) in [5.41, 5.74) is 11.8. The molecule has 2 aliphatic heterocycles. The third-order valence-corrected chi connectivity index (χ3v) is 10.8. The number of rotatable bonds is 15. The van der Waals surface area contributed by atoms with Crippen LogP contribution in [0, 0.1) is 0 Å². The Balaban J connectivity index is 0.000000218. The minimum Gasteiger partial charge on any atom is -0.493 e. The van der Waals surface area contributed by atoms with E-state index in [0.29, 0.717) is 116 Å². The fraction of sp³-hybridized carbons (Fsp3) is 0.275. The molecular formula is C51H56N12O10. The van der Waals surface area contributed by atoms with Gasteiger partial charge in [-0.1, -0.05) is 0 Å². The third kappa shape index (κ3) is 13.2. The Morgan fingerprint density at radius 2 is 1.03 bits per heavy atom. The van der Waals surface area contributed by atoms with Gasteiger partial charge in [-0.15, -0.1) is 0 Å².